The lowest BCUT2D eigenvalue weighted by Gasteiger charge is -2.25. The Kier molecular flexibility index (Phi) is 6.47. The van der Waals surface area contributed by atoms with Gasteiger partial charge in [-0.15, -0.1) is 5.10 Å². The van der Waals surface area contributed by atoms with Gasteiger partial charge >= 0.3 is 0 Å². The van der Waals surface area contributed by atoms with Crippen molar-refractivity contribution in [2.45, 2.75) is 19.3 Å². The van der Waals surface area contributed by atoms with E-state index in [0.29, 0.717) is 19.0 Å². The van der Waals surface area contributed by atoms with Crippen molar-refractivity contribution in [2.75, 3.05) is 33.4 Å². The molecule has 1 amide bonds. The molecule has 1 aromatic heterocycles. The zero-order valence-electron chi connectivity index (χ0n) is 17.7. The van der Waals surface area contributed by atoms with Crippen molar-refractivity contribution in [1.29, 1.82) is 0 Å². The van der Waals surface area contributed by atoms with E-state index < -0.39 is 0 Å². The van der Waals surface area contributed by atoms with Crippen molar-refractivity contribution in [3.63, 3.8) is 0 Å². The first-order chi connectivity index (χ1) is 15.2. The number of rotatable bonds is 7. The van der Waals surface area contributed by atoms with Crippen molar-refractivity contribution in [2.24, 2.45) is 5.73 Å². The normalized spacial score (nSPS) is 13.8. The van der Waals surface area contributed by atoms with E-state index in [-0.39, 0.29) is 11.7 Å². The second-order valence-corrected chi connectivity index (χ2v) is 7.38. The van der Waals surface area contributed by atoms with Crippen molar-refractivity contribution in [3.8, 4) is 28.6 Å². The highest BCUT2D eigenvalue weighted by Crippen LogP contribution is 2.25. The van der Waals surface area contributed by atoms with Crippen LogP contribution >= 0.6 is 0 Å². The smallest absolute Gasteiger partial charge is 0.293 e. The topological polar surface area (TPSA) is 95.5 Å². The molecule has 0 atom stereocenters. The van der Waals surface area contributed by atoms with Crippen LogP contribution in [-0.2, 0) is 0 Å². The molecule has 8 heteroatoms. The van der Waals surface area contributed by atoms with Crippen molar-refractivity contribution >= 4 is 5.91 Å². The summed E-state index contributed by atoms with van der Waals surface area (Å²) in [6.45, 7) is 2.40. The Balaban J connectivity index is 1.70. The number of carbonyl (C=O) groups excluding carboxylic acids is 1. The fourth-order valence-corrected chi connectivity index (χ4v) is 3.61. The fraction of sp³-hybridized carbons (Fsp3) is 0.348. The van der Waals surface area contributed by atoms with Crippen LogP contribution in [0.5, 0.6) is 11.5 Å². The molecule has 1 aliphatic rings. The number of aromatic nitrogens is 3. The molecule has 8 nitrogen and oxygen atoms in total. The van der Waals surface area contributed by atoms with Crippen LogP contribution in [0.4, 0.5) is 0 Å². The van der Waals surface area contributed by atoms with Crippen molar-refractivity contribution in [3.05, 3.63) is 54.4 Å². The van der Waals surface area contributed by atoms with E-state index >= 15 is 0 Å². The maximum atomic E-state index is 13.0. The number of methoxy groups -OCH3 is 1. The van der Waals surface area contributed by atoms with Crippen LogP contribution in [0.3, 0.4) is 0 Å². The van der Waals surface area contributed by atoms with Gasteiger partial charge < -0.3 is 20.1 Å². The van der Waals surface area contributed by atoms with E-state index in [2.05, 4.69) is 10.1 Å². The summed E-state index contributed by atoms with van der Waals surface area (Å²) in [6, 6.07) is 15.0. The molecular weight excluding hydrogens is 394 g/mol. The van der Waals surface area contributed by atoms with Crippen LogP contribution in [0.25, 0.3) is 17.1 Å². The summed E-state index contributed by atoms with van der Waals surface area (Å²) in [5.41, 5.74) is 7.13. The Bertz CT molecular complexity index is 1010. The largest absolute Gasteiger partial charge is 0.497 e. The lowest BCUT2D eigenvalue weighted by Crippen LogP contribution is -2.36. The third-order valence-electron chi connectivity index (χ3n) is 5.26. The van der Waals surface area contributed by atoms with Crippen LogP contribution < -0.4 is 15.2 Å². The van der Waals surface area contributed by atoms with E-state index in [4.69, 9.17) is 15.2 Å². The first-order valence-electron chi connectivity index (χ1n) is 10.5. The van der Waals surface area contributed by atoms with E-state index in [9.17, 15) is 4.79 Å². The Morgan fingerprint density at radius 1 is 1.00 bits per heavy atom. The Morgan fingerprint density at radius 2 is 1.68 bits per heavy atom. The minimum absolute atomic E-state index is 0.129. The van der Waals surface area contributed by atoms with Crippen molar-refractivity contribution in [1.82, 2.24) is 19.7 Å². The van der Waals surface area contributed by atoms with Crippen LogP contribution in [0, 0.1) is 0 Å². The number of amides is 1. The number of carbonyl (C=O) groups is 1. The van der Waals surface area contributed by atoms with Gasteiger partial charge in [0.2, 0.25) is 5.82 Å². The molecule has 2 N–H and O–H groups in total. The molecule has 3 aromatic rings. The van der Waals surface area contributed by atoms with Crippen LogP contribution in [0.1, 0.15) is 29.9 Å². The second kappa shape index (κ2) is 9.61. The summed E-state index contributed by atoms with van der Waals surface area (Å²) < 4.78 is 12.5. The maximum Gasteiger partial charge on any atom is 0.293 e. The second-order valence-electron chi connectivity index (χ2n) is 7.38. The summed E-state index contributed by atoms with van der Waals surface area (Å²) >= 11 is 0. The van der Waals surface area contributed by atoms with Gasteiger partial charge in [-0.1, -0.05) is 0 Å². The Morgan fingerprint density at radius 3 is 2.32 bits per heavy atom. The highest BCUT2D eigenvalue weighted by molar-refractivity contribution is 5.91. The summed E-state index contributed by atoms with van der Waals surface area (Å²) in [5, 5.41) is 4.59. The molecule has 1 fully saturated rings. The maximum absolute atomic E-state index is 13.0. The molecule has 0 aliphatic carbocycles. The fourth-order valence-electron chi connectivity index (χ4n) is 3.61. The van der Waals surface area contributed by atoms with Crippen molar-refractivity contribution < 1.29 is 14.3 Å². The molecule has 2 heterocycles. The average molecular weight is 422 g/mol. The van der Waals surface area contributed by atoms with E-state index in [1.165, 1.54) is 0 Å². The first-order valence-corrected chi connectivity index (χ1v) is 10.5. The molecule has 0 bridgehead atoms. The van der Waals surface area contributed by atoms with E-state index in [1.54, 1.807) is 11.8 Å². The van der Waals surface area contributed by atoms with Gasteiger partial charge in [-0.2, -0.15) is 0 Å². The molecule has 0 radical (unpaired) electrons. The quantitative estimate of drug-likeness (QED) is 0.630. The van der Waals surface area contributed by atoms with E-state index in [1.807, 2.05) is 53.4 Å². The van der Waals surface area contributed by atoms with Gasteiger partial charge in [0.1, 0.15) is 18.1 Å². The third-order valence-corrected chi connectivity index (χ3v) is 5.26. The van der Waals surface area contributed by atoms with Crippen LogP contribution in [-0.4, -0.2) is 58.9 Å². The zero-order valence-corrected chi connectivity index (χ0v) is 17.7. The minimum atomic E-state index is -0.129. The monoisotopic (exact) mass is 421 g/mol. The third kappa shape index (κ3) is 4.69. The molecule has 1 aliphatic heterocycles. The molecule has 0 saturated carbocycles. The number of piperidine rings is 1. The lowest BCUT2D eigenvalue weighted by molar-refractivity contribution is 0.0712. The van der Waals surface area contributed by atoms with Gasteiger partial charge in [-0.3, -0.25) is 4.79 Å². The number of benzene rings is 2. The number of hydrogen-bond acceptors (Lipinski definition) is 6. The number of nitrogens with zero attached hydrogens (tertiary/aromatic N) is 4. The van der Waals surface area contributed by atoms with Crippen LogP contribution in [0.15, 0.2) is 48.5 Å². The van der Waals surface area contributed by atoms with E-state index in [0.717, 1.165) is 55.1 Å². The molecule has 4 rings (SSSR count). The summed E-state index contributed by atoms with van der Waals surface area (Å²) in [4.78, 5) is 19.5. The van der Waals surface area contributed by atoms with Gasteiger partial charge in [0.25, 0.3) is 5.91 Å². The predicted octanol–water partition coefficient (Wildman–Crippen LogP) is 2.91. The Hall–Kier alpha value is -3.39. The van der Waals surface area contributed by atoms with Crippen LogP contribution in [0.2, 0.25) is 0 Å². The molecule has 162 valence electrons. The standard InChI is InChI=1S/C23H27N5O3/c1-30-19-11-7-18(8-12-19)28-22(17-5-9-20(10-6-17)31-16-13-24)25-21(26-28)23(29)27-14-3-2-4-15-27/h5-12H,2-4,13-16,24H2,1H3. The highest BCUT2D eigenvalue weighted by atomic mass is 16.5. The number of likely N-dealkylation sites (tertiary alicyclic amines) is 1. The highest BCUT2D eigenvalue weighted by Gasteiger charge is 2.24. The Labute approximate surface area is 181 Å². The molecule has 2 aromatic carbocycles. The molecule has 1 saturated heterocycles. The summed E-state index contributed by atoms with van der Waals surface area (Å²) in [6.07, 6.45) is 3.19. The lowest BCUT2D eigenvalue weighted by atomic mass is 10.1. The van der Waals surface area contributed by atoms with Gasteiger partial charge in [0.05, 0.1) is 12.8 Å². The minimum Gasteiger partial charge on any atom is -0.497 e. The van der Waals surface area contributed by atoms with Gasteiger partial charge in [-0.25, -0.2) is 9.67 Å². The summed E-state index contributed by atoms with van der Waals surface area (Å²) in [5.74, 6) is 2.15. The molecule has 31 heavy (non-hydrogen) atoms. The number of ether oxygens (including phenoxy) is 2. The molecule has 0 unspecified atom stereocenters. The molecule has 0 spiro atoms. The number of nitrogens with two attached hydrogens (primary N) is 1. The average Bonchev–Trinajstić information content (AvgIpc) is 3.28. The van der Waals surface area contributed by atoms with Gasteiger partial charge in [0.15, 0.2) is 5.82 Å². The number of hydrogen-bond donors (Lipinski definition) is 1. The molecular formula is C23H27N5O3. The summed E-state index contributed by atoms with van der Waals surface area (Å²) in [7, 11) is 1.62. The SMILES string of the molecule is COc1ccc(-n2nc(C(=O)N3CCCCC3)nc2-c2ccc(OCCN)cc2)cc1. The first kappa shape index (κ1) is 20.9. The zero-order chi connectivity index (χ0) is 21.6. The van der Waals surface area contributed by atoms with Gasteiger partial charge in [0, 0.05) is 25.2 Å². The van der Waals surface area contributed by atoms with Gasteiger partial charge in [-0.05, 0) is 67.8 Å². The predicted molar refractivity (Wildman–Crippen MR) is 118 cm³/mol.